The van der Waals surface area contributed by atoms with E-state index in [1.54, 1.807) is 24.9 Å². The SMILES string of the molecule is COc1ccc(-c2c(Nc3cncc(C#N)n3)nc3c(-c4ccccc4)c(-c4ccccc4)nn3c2OC)cc1. The minimum absolute atomic E-state index is 0.185. The lowest BCUT2D eigenvalue weighted by atomic mass is 10.0. The van der Waals surface area contributed by atoms with Crippen LogP contribution in [0.5, 0.6) is 11.6 Å². The largest absolute Gasteiger partial charge is 0.497 e. The lowest BCUT2D eigenvalue weighted by Crippen LogP contribution is -2.07. The predicted octanol–water partition coefficient (Wildman–Crippen LogP) is 6.15. The van der Waals surface area contributed by atoms with Crippen molar-refractivity contribution in [3.05, 3.63) is 103 Å². The molecule has 0 radical (unpaired) electrons. The highest BCUT2D eigenvalue weighted by molar-refractivity contribution is 5.93. The highest BCUT2D eigenvalue weighted by atomic mass is 16.5. The maximum absolute atomic E-state index is 9.37. The Hall–Kier alpha value is -5.75. The van der Waals surface area contributed by atoms with Gasteiger partial charge >= 0.3 is 0 Å². The van der Waals surface area contributed by atoms with Crippen LogP contribution in [0.3, 0.4) is 0 Å². The van der Waals surface area contributed by atoms with Crippen molar-refractivity contribution in [3.63, 3.8) is 0 Å². The minimum Gasteiger partial charge on any atom is -0.497 e. The molecule has 3 aromatic heterocycles. The van der Waals surface area contributed by atoms with Gasteiger partial charge in [-0.1, -0.05) is 72.8 Å². The van der Waals surface area contributed by atoms with Gasteiger partial charge in [0, 0.05) is 5.56 Å². The highest BCUT2D eigenvalue weighted by Crippen LogP contribution is 2.42. The number of nitrogens with one attached hydrogen (secondary N) is 1. The molecule has 0 unspecified atom stereocenters. The summed E-state index contributed by atoms with van der Waals surface area (Å²) in [5.74, 6) is 2.03. The summed E-state index contributed by atoms with van der Waals surface area (Å²) in [6.45, 7) is 0. The Labute approximate surface area is 230 Å². The molecule has 1 N–H and O–H groups in total. The molecule has 0 spiro atoms. The topological polar surface area (TPSA) is 110 Å². The van der Waals surface area contributed by atoms with Crippen LogP contribution in [0.25, 0.3) is 39.2 Å². The van der Waals surface area contributed by atoms with E-state index in [0.717, 1.165) is 33.7 Å². The molecule has 0 bridgehead atoms. The third-order valence-corrected chi connectivity index (χ3v) is 6.40. The first kappa shape index (κ1) is 24.6. The standard InChI is InChI=1S/C31H23N7O2/c1-39-24-15-13-21(14-16-24)27-29(35-25-19-33-18-23(17-32)34-25)36-30-26(20-9-5-3-6-10-20)28(22-11-7-4-8-12-22)37-38(30)31(27)40-2/h3-16,18-19H,1-2H3,(H,34,35,36). The fourth-order valence-corrected chi connectivity index (χ4v) is 4.59. The van der Waals surface area contributed by atoms with Crippen molar-refractivity contribution < 1.29 is 9.47 Å². The van der Waals surface area contributed by atoms with Gasteiger partial charge in [-0.3, -0.25) is 4.98 Å². The van der Waals surface area contributed by atoms with E-state index in [2.05, 4.69) is 15.3 Å². The number of hydrogen-bond acceptors (Lipinski definition) is 8. The molecule has 0 fully saturated rings. The number of ether oxygens (including phenoxy) is 2. The van der Waals surface area contributed by atoms with Crippen LogP contribution in [0, 0.1) is 11.3 Å². The van der Waals surface area contributed by atoms with Gasteiger partial charge in [-0.05, 0) is 23.3 Å². The summed E-state index contributed by atoms with van der Waals surface area (Å²) in [7, 11) is 3.23. The molecule has 9 heteroatoms. The third kappa shape index (κ3) is 4.44. The van der Waals surface area contributed by atoms with Crippen LogP contribution in [-0.2, 0) is 0 Å². The van der Waals surface area contributed by atoms with Gasteiger partial charge in [0.15, 0.2) is 17.2 Å². The van der Waals surface area contributed by atoms with Crippen molar-refractivity contribution in [1.82, 2.24) is 24.6 Å². The van der Waals surface area contributed by atoms with Gasteiger partial charge in [-0.2, -0.15) is 14.9 Å². The molecule has 6 rings (SSSR count). The predicted molar refractivity (Wildman–Crippen MR) is 152 cm³/mol. The number of fused-ring (bicyclic) bond motifs is 1. The van der Waals surface area contributed by atoms with Gasteiger partial charge in [0.2, 0.25) is 5.88 Å². The van der Waals surface area contributed by atoms with Crippen molar-refractivity contribution in [3.8, 4) is 51.2 Å². The minimum atomic E-state index is 0.185. The Kier molecular flexibility index (Phi) is 6.48. The molecule has 40 heavy (non-hydrogen) atoms. The lowest BCUT2D eigenvalue weighted by Gasteiger charge is -2.16. The second kappa shape index (κ2) is 10.6. The first-order valence-corrected chi connectivity index (χ1v) is 12.5. The molecule has 6 aromatic rings. The van der Waals surface area contributed by atoms with Crippen molar-refractivity contribution in [2.24, 2.45) is 0 Å². The molecule has 9 nitrogen and oxygen atoms in total. The van der Waals surface area contributed by atoms with E-state index < -0.39 is 0 Å². The molecule has 194 valence electrons. The molecule has 0 aliphatic carbocycles. The van der Waals surface area contributed by atoms with Crippen LogP contribution in [0.15, 0.2) is 97.3 Å². The van der Waals surface area contributed by atoms with E-state index in [-0.39, 0.29) is 5.69 Å². The van der Waals surface area contributed by atoms with Crippen molar-refractivity contribution in [1.29, 1.82) is 5.26 Å². The molecular weight excluding hydrogens is 502 g/mol. The molecule has 3 heterocycles. The zero-order chi connectivity index (χ0) is 27.5. The molecular formula is C31H23N7O2. The van der Waals surface area contributed by atoms with Crippen molar-refractivity contribution >= 4 is 17.3 Å². The van der Waals surface area contributed by atoms with E-state index >= 15 is 0 Å². The number of nitrogens with zero attached hydrogens (tertiary/aromatic N) is 6. The first-order chi connectivity index (χ1) is 19.7. The monoisotopic (exact) mass is 525 g/mol. The number of hydrogen-bond donors (Lipinski definition) is 1. The Morgan fingerprint density at radius 2 is 1.43 bits per heavy atom. The van der Waals surface area contributed by atoms with Gasteiger partial charge < -0.3 is 14.8 Å². The number of benzene rings is 3. The van der Waals surface area contributed by atoms with Gasteiger partial charge in [0.25, 0.3) is 0 Å². The summed E-state index contributed by atoms with van der Waals surface area (Å²) in [5.41, 5.74) is 5.77. The smallest absolute Gasteiger partial charge is 0.228 e. The number of anilines is 2. The molecule has 0 aliphatic heterocycles. The fourth-order valence-electron chi connectivity index (χ4n) is 4.59. The van der Waals surface area contributed by atoms with Crippen LogP contribution in [0.2, 0.25) is 0 Å². The normalized spacial score (nSPS) is 10.7. The molecule has 3 aromatic carbocycles. The Bertz CT molecular complexity index is 1850. The Morgan fingerprint density at radius 1 is 0.750 bits per heavy atom. The van der Waals surface area contributed by atoms with Gasteiger partial charge in [-0.15, -0.1) is 0 Å². The maximum Gasteiger partial charge on any atom is 0.228 e. The van der Waals surface area contributed by atoms with Gasteiger partial charge in [0.05, 0.1) is 37.7 Å². The van der Waals surface area contributed by atoms with Crippen LogP contribution >= 0.6 is 0 Å². The van der Waals surface area contributed by atoms with E-state index in [9.17, 15) is 5.26 Å². The third-order valence-electron chi connectivity index (χ3n) is 6.40. The number of methoxy groups -OCH3 is 2. The fraction of sp³-hybridized carbons (Fsp3) is 0.0645. The van der Waals surface area contributed by atoms with Gasteiger partial charge in [0.1, 0.15) is 23.3 Å². The van der Waals surface area contributed by atoms with Crippen LogP contribution in [0.1, 0.15) is 5.69 Å². The first-order valence-electron chi connectivity index (χ1n) is 12.5. The summed E-state index contributed by atoms with van der Waals surface area (Å²) >= 11 is 0. The quantitative estimate of drug-likeness (QED) is 0.264. The zero-order valence-electron chi connectivity index (χ0n) is 21.7. The van der Waals surface area contributed by atoms with E-state index in [1.165, 1.54) is 6.20 Å². The molecule has 0 aliphatic rings. The van der Waals surface area contributed by atoms with Crippen molar-refractivity contribution in [2.45, 2.75) is 0 Å². The highest BCUT2D eigenvalue weighted by Gasteiger charge is 2.25. The lowest BCUT2D eigenvalue weighted by molar-refractivity contribution is 0.387. The summed E-state index contributed by atoms with van der Waals surface area (Å²) in [6.07, 6.45) is 2.95. The summed E-state index contributed by atoms with van der Waals surface area (Å²) < 4.78 is 13.1. The summed E-state index contributed by atoms with van der Waals surface area (Å²) in [4.78, 5) is 13.6. The Balaban J connectivity index is 1.68. The molecule has 0 saturated carbocycles. The van der Waals surface area contributed by atoms with Crippen LogP contribution in [0.4, 0.5) is 11.6 Å². The average Bonchev–Trinajstić information content (AvgIpc) is 3.40. The second-order valence-electron chi connectivity index (χ2n) is 8.79. The zero-order valence-corrected chi connectivity index (χ0v) is 21.7. The molecule has 0 atom stereocenters. The Morgan fingerprint density at radius 3 is 2.08 bits per heavy atom. The second-order valence-corrected chi connectivity index (χ2v) is 8.79. The average molecular weight is 526 g/mol. The van der Waals surface area contributed by atoms with E-state index in [0.29, 0.717) is 28.7 Å². The number of rotatable bonds is 7. The summed E-state index contributed by atoms with van der Waals surface area (Å²) in [6, 6.07) is 29.6. The van der Waals surface area contributed by atoms with E-state index in [1.807, 2.05) is 91.0 Å². The van der Waals surface area contributed by atoms with E-state index in [4.69, 9.17) is 19.6 Å². The van der Waals surface area contributed by atoms with Gasteiger partial charge in [-0.25, -0.2) is 9.97 Å². The van der Waals surface area contributed by atoms with Crippen LogP contribution in [-0.4, -0.2) is 38.8 Å². The van der Waals surface area contributed by atoms with Crippen LogP contribution < -0.4 is 14.8 Å². The number of aromatic nitrogens is 5. The maximum atomic E-state index is 9.37. The molecule has 0 amide bonds. The van der Waals surface area contributed by atoms with Crippen molar-refractivity contribution in [2.75, 3.05) is 19.5 Å². The summed E-state index contributed by atoms with van der Waals surface area (Å²) in [5, 5.41) is 17.7. The molecule has 0 saturated heterocycles. The number of nitriles is 1.